The zero-order chi connectivity index (χ0) is 29.4. The molecule has 42 heavy (non-hydrogen) atoms. The lowest BCUT2D eigenvalue weighted by Gasteiger charge is -2.09. The monoisotopic (exact) mass is 566 g/mol. The Morgan fingerprint density at radius 1 is 0.500 bits per heavy atom. The molecule has 6 aromatic rings. The molecule has 4 aromatic heterocycles. The van der Waals surface area contributed by atoms with E-state index in [0.717, 1.165) is 0 Å². The maximum absolute atomic E-state index is 12.8. The molecule has 0 aliphatic carbocycles. The molecule has 0 fully saturated rings. The first kappa shape index (κ1) is 26.4. The zero-order valence-corrected chi connectivity index (χ0v) is 22.8. The topological polar surface area (TPSA) is 149 Å². The van der Waals surface area contributed by atoms with Gasteiger partial charge in [0, 0.05) is 24.3 Å². The van der Waals surface area contributed by atoms with Crippen LogP contribution in [0.5, 0.6) is 23.0 Å². The van der Waals surface area contributed by atoms with Crippen molar-refractivity contribution in [2.75, 3.05) is 28.4 Å². The minimum atomic E-state index is -0.590. The zero-order valence-electron chi connectivity index (χ0n) is 22.8. The van der Waals surface area contributed by atoms with Gasteiger partial charge in [0.1, 0.15) is 45.6 Å². The Labute approximate surface area is 237 Å². The second-order valence-corrected chi connectivity index (χ2v) is 8.95. The SMILES string of the molecule is COc1cc(OC)c2cc(-c3cnc(-c4cnc(-c5cc6c(OC)cc(OC)cc6oc5=O)cn4)cn3)c(=O)oc2c1. The summed E-state index contributed by atoms with van der Waals surface area (Å²) in [5.41, 5.74) is 1.30. The Balaban J connectivity index is 1.32. The molecule has 12 heteroatoms. The number of aromatic nitrogens is 4. The Hall–Kier alpha value is -5.78. The average molecular weight is 567 g/mol. The predicted molar refractivity (Wildman–Crippen MR) is 152 cm³/mol. The second kappa shape index (κ2) is 10.7. The summed E-state index contributed by atoms with van der Waals surface area (Å²) in [7, 11) is 6.05. The summed E-state index contributed by atoms with van der Waals surface area (Å²) in [6.07, 6.45) is 5.82. The first-order valence-electron chi connectivity index (χ1n) is 12.5. The molecule has 0 amide bonds. The minimum Gasteiger partial charge on any atom is -0.496 e. The molecule has 0 N–H and O–H groups in total. The van der Waals surface area contributed by atoms with Crippen LogP contribution in [0.1, 0.15) is 0 Å². The Kier molecular flexibility index (Phi) is 6.71. The van der Waals surface area contributed by atoms with Crippen LogP contribution in [0.3, 0.4) is 0 Å². The van der Waals surface area contributed by atoms with Gasteiger partial charge in [-0.3, -0.25) is 19.9 Å². The van der Waals surface area contributed by atoms with Crippen molar-refractivity contribution in [3.63, 3.8) is 0 Å². The van der Waals surface area contributed by atoms with Gasteiger partial charge in [0.25, 0.3) is 0 Å². The fourth-order valence-corrected chi connectivity index (χ4v) is 4.45. The molecular weight excluding hydrogens is 544 g/mol. The fraction of sp³-hybridized carbons (Fsp3) is 0.133. The Morgan fingerprint density at radius 3 is 1.21 bits per heavy atom. The highest BCUT2D eigenvalue weighted by Crippen LogP contribution is 2.34. The van der Waals surface area contributed by atoms with Gasteiger partial charge in [-0.05, 0) is 12.1 Å². The number of methoxy groups -OCH3 is 4. The van der Waals surface area contributed by atoms with Crippen LogP contribution >= 0.6 is 0 Å². The number of nitrogens with zero attached hydrogens (tertiary/aromatic N) is 4. The normalized spacial score (nSPS) is 11.0. The van der Waals surface area contributed by atoms with E-state index >= 15 is 0 Å². The van der Waals surface area contributed by atoms with Crippen molar-refractivity contribution >= 4 is 21.9 Å². The van der Waals surface area contributed by atoms with E-state index in [4.69, 9.17) is 27.8 Å². The highest BCUT2D eigenvalue weighted by Gasteiger charge is 2.17. The lowest BCUT2D eigenvalue weighted by molar-refractivity contribution is 0.395. The van der Waals surface area contributed by atoms with Crippen LogP contribution in [-0.4, -0.2) is 48.4 Å². The van der Waals surface area contributed by atoms with Crippen molar-refractivity contribution in [3.8, 4) is 56.9 Å². The van der Waals surface area contributed by atoms with Crippen LogP contribution in [0.4, 0.5) is 0 Å². The number of benzene rings is 2. The standard InChI is InChI=1S/C30H22N4O8/c1-37-15-5-25(39-3)19-9-17(29(35)41-27(19)7-15)21-11-33-23(13-31-21)24-14-32-22(12-34-24)18-10-20-26(40-4)6-16(38-2)8-28(20)42-30(18)36/h5-14H,1-4H3. The number of hydrogen-bond acceptors (Lipinski definition) is 12. The first-order valence-corrected chi connectivity index (χ1v) is 12.5. The molecule has 0 bridgehead atoms. The van der Waals surface area contributed by atoms with Gasteiger partial charge in [0.15, 0.2) is 0 Å². The van der Waals surface area contributed by atoms with Crippen molar-refractivity contribution in [2.45, 2.75) is 0 Å². The van der Waals surface area contributed by atoms with Gasteiger partial charge in [0.2, 0.25) is 0 Å². The molecule has 2 aromatic carbocycles. The largest absolute Gasteiger partial charge is 0.496 e. The highest BCUT2D eigenvalue weighted by molar-refractivity contribution is 5.89. The van der Waals surface area contributed by atoms with E-state index in [1.54, 1.807) is 36.4 Å². The number of fused-ring (bicyclic) bond motifs is 2. The molecule has 0 spiro atoms. The van der Waals surface area contributed by atoms with Crippen LogP contribution in [0.2, 0.25) is 0 Å². The van der Waals surface area contributed by atoms with Gasteiger partial charge in [-0.15, -0.1) is 0 Å². The molecule has 4 heterocycles. The molecule has 0 saturated heterocycles. The van der Waals surface area contributed by atoms with Crippen molar-refractivity contribution in [1.82, 2.24) is 19.9 Å². The van der Waals surface area contributed by atoms with E-state index in [2.05, 4.69) is 19.9 Å². The lowest BCUT2D eigenvalue weighted by Crippen LogP contribution is -2.06. The molecule has 0 unspecified atom stereocenters. The summed E-state index contributed by atoms with van der Waals surface area (Å²) in [4.78, 5) is 43.1. The third-order valence-electron chi connectivity index (χ3n) is 6.61. The Morgan fingerprint density at radius 2 is 0.881 bits per heavy atom. The van der Waals surface area contributed by atoms with Gasteiger partial charge < -0.3 is 27.8 Å². The van der Waals surface area contributed by atoms with Crippen LogP contribution in [0.25, 0.3) is 55.8 Å². The maximum atomic E-state index is 12.8. The van der Waals surface area contributed by atoms with E-state index < -0.39 is 11.3 Å². The summed E-state index contributed by atoms with van der Waals surface area (Å²) in [6, 6.07) is 9.87. The van der Waals surface area contributed by atoms with Crippen LogP contribution in [0, 0.1) is 0 Å². The van der Waals surface area contributed by atoms with E-state index in [9.17, 15) is 9.59 Å². The van der Waals surface area contributed by atoms with Gasteiger partial charge >= 0.3 is 11.3 Å². The van der Waals surface area contributed by atoms with Crippen LogP contribution in [-0.2, 0) is 0 Å². The van der Waals surface area contributed by atoms with Crippen molar-refractivity contribution in [2.24, 2.45) is 0 Å². The highest BCUT2D eigenvalue weighted by atomic mass is 16.5. The molecule has 0 aliphatic rings. The van der Waals surface area contributed by atoms with Gasteiger partial charge in [-0.25, -0.2) is 9.59 Å². The first-order chi connectivity index (χ1) is 20.4. The summed E-state index contributed by atoms with van der Waals surface area (Å²) in [5, 5.41) is 1.16. The van der Waals surface area contributed by atoms with Crippen molar-refractivity contribution in [3.05, 3.63) is 82.0 Å². The second-order valence-electron chi connectivity index (χ2n) is 8.95. The van der Waals surface area contributed by atoms with E-state index in [-0.39, 0.29) is 11.1 Å². The fourth-order valence-electron chi connectivity index (χ4n) is 4.45. The van der Waals surface area contributed by atoms with E-state index in [0.29, 0.717) is 67.7 Å². The minimum absolute atomic E-state index is 0.211. The molecule has 0 radical (unpaired) electrons. The van der Waals surface area contributed by atoms with Crippen LogP contribution < -0.4 is 30.2 Å². The van der Waals surface area contributed by atoms with E-state index in [1.807, 2.05) is 0 Å². The molecule has 210 valence electrons. The molecule has 0 saturated carbocycles. The summed E-state index contributed by atoms with van der Waals surface area (Å²) >= 11 is 0. The van der Waals surface area contributed by atoms with Crippen molar-refractivity contribution < 1.29 is 27.8 Å². The van der Waals surface area contributed by atoms with Crippen molar-refractivity contribution in [1.29, 1.82) is 0 Å². The average Bonchev–Trinajstić information content (AvgIpc) is 3.03. The van der Waals surface area contributed by atoms with Crippen LogP contribution in [0.15, 0.2) is 79.6 Å². The molecule has 0 atom stereocenters. The maximum Gasteiger partial charge on any atom is 0.345 e. The molecule has 0 aliphatic heterocycles. The van der Waals surface area contributed by atoms with Gasteiger partial charge in [-0.2, -0.15) is 0 Å². The molecule has 6 rings (SSSR count). The van der Waals surface area contributed by atoms with Gasteiger partial charge in [-0.1, -0.05) is 0 Å². The number of hydrogen-bond donors (Lipinski definition) is 0. The van der Waals surface area contributed by atoms with Gasteiger partial charge in [0.05, 0.1) is 86.5 Å². The molecular formula is C30H22N4O8. The molecule has 12 nitrogen and oxygen atoms in total. The third-order valence-corrected chi connectivity index (χ3v) is 6.61. The lowest BCUT2D eigenvalue weighted by atomic mass is 10.1. The number of ether oxygens (including phenoxy) is 4. The Bertz CT molecular complexity index is 1920. The summed E-state index contributed by atoms with van der Waals surface area (Å²) < 4.78 is 32.4. The van der Waals surface area contributed by atoms with E-state index in [1.165, 1.54) is 53.2 Å². The third kappa shape index (κ3) is 4.64. The summed E-state index contributed by atoms with van der Waals surface area (Å²) in [6.45, 7) is 0. The predicted octanol–water partition coefficient (Wildman–Crippen LogP) is 4.51. The smallest absolute Gasteiger partial charge is 0.345 e. The summed E-state index contributed by atoms with van der Waals surface area (Å²) in [5.74, 6) is 1.95. The number of rotatable bonds is 7. The quantitative estimate of drug-likeness (QED) is 0.250.